The number of aliphatic carboxylic acids is 2. The Bertz CT molecular complexity index is 1940. The molecule has 0 radical (unpaired) electrons. The van der Waals surface area contributed by atoms with Crippen LogP contribution >= 0.6 is 34.7 Å². The number of oxime groups is 1. The zero-order valence-corrected chi connectivity index (χ0v) is 31.0. The second-order valence-electron chi connectivity index (χ2n) is 12.8. The molecule has 2 aromatic rings. The molecule has 4 heterocycles. The number of fused-ring (bicyclic) bond motifs is 1. The highest BCUT2D eigenvalue weighted by Crippen LogP contribution is 2.52. The number of nitrogens with zero attached hydrogens (tertiary/aromatic N) is 5. The number of Topliss-reactive ketones (excluding diaryl/α,β-unsaturated/α-hetero) is 2. The Kier molecular flexibility index (Phi) is 11.6. The molecule has 3 atom stereocenters. The fourth-order valence-electron chi connectivity index (χ4n) is 5.68. The average Bonchev–Trinajstić information content (AvgIpc) is 3.82. The van der Waals surface area contributed by atoms with Crippen molar-refractivity contribution in [1.82, 2.24) is 30.5 Å². The van der Waals surface area contributed by atoms with Gasteiger partial charge in [-0.15, -0.1) is 11.3 Å². The molecule has 3 saturated heterocycles. The van der Waals surface area contributed by atoms with Gasteiger partial charge < -0.3 is 41.2 Å². The lowest BCUT2D eigenvalue weighted by Crippen LogP contribution is -2.60. The molecule has 8 N–H and O–H groups in total. The minimum absolute atomic E-state index is 0.00431. The predicted octanol–water partition coefficient (Wildman–Crippen LogP) is 0.667. The van der Waals surface area contributed by atoms with Crippen LogP contribution < -0.4 is 16.5 Å². The normalized spacial score (nSPS) is 21.2. The summed E-state index contributed by atoms with van der Waals surface area (Å²) in [5.41, 5.74) is 6.18. The van der Waals surface area contributed by atoms with Gasteiger partial charge in [-0.1, -0.05) is 28.5 Å². The highest BCUT2D eigenvalue weighted by atomic mass is 35.5. The van der Waals surface area contributed by atoms with Gasteiger partial charge in [0.25, 0.3) is 5.91 Å². The molecule has 20 nitrogen and oxygen atoms in total. The fourth-order valence-corrected chi connectivity index (χ4v) is 8.17. The third kappa shape index (κ3) is 7.86. The highest BCUT2D eigenvalue weighted by Gasteiger charge is 2.66. The Morgan fingerprint density at radius 3 is 2.54 bits per heavy atom. The number of thioether (sulfide) groups is 1. The van der Waals surface area contributed by atoms with E-state index in [1.54, 1.807) is 0 Å². The van der Waals surface area contributed by atoms with Crippen LogP contribution in [0.2, 0.25) is 5.02 Å². The van der Waals surface area contributed by atoms with Crippen LogP contribution in [0.15, 0.2) is 22.7 Å². The molecule has 0 bridgehead atoms. The fraction of sp³-hybridized carbons (Fsp3) is 0.452. The third-order valence-electron chi connectivity index (χ3n) is 8.77. The first kappa shape index (κ1) is 40.0. The van der Waals surface area contributed by atoms with Crippen LogP contribution in [-0.2, 0) is 28.8 Å². The van der Waals surface area contributed by atoms with E-state index in [0.717, 1.165) is 39.1 Å². The molecule has 5 rings (SSSR count). The van der Waals surface area contributed by atoms with E-state index >= 15 is 0 Å². The van der Waals surface area contributed by atoms with Gasteiger partial charge in [0, 0.05) is 31.3 Å². The number of ketones is 2. The number of thiazole rings is 1. The van der Waals surface area contributed by atoms with E-state index in [-0.39, 0.29) is 78.5 Å². The number of carboxylic acids is 2. The molecule has 0 saturated carbocycles. The standard InChI is InChI=1S/C31H35ClN8O12S2/c1-30(2,26(47)48)52-37-21(17-12-53-28(33)36-17)19(43)10-16-24(46)38-13-31(27(49)50,54-25(16)38)39-8-9-40(29(39)51)35-11-14(41)4-3-7-34-23(45)15-5-6-18(42)22(44)20(15)32/h5-6,12,16,25,35,42,44H,3-4,7-11,13H2,1-2H3,(H2,33,36)(H,34,45)(H,47,48)(H,49,50)/b37-21-/t16?,25-,31-/m1/s1. The molecule has 1 unspecified atom stereocenters. The summed E-state index contributed by atoms with van der Waals surface area (Å²) in [6.07, 6.45) is -0.218. The molecule has 3 aliphatic rings. The number of carbonyl (C=O) groups excluding carboxylic acids is 5. The smallest absolute Gasteiger partial charge is 0.350 e. The molecule has 3 aliphatic heterocycles. The molecule has 290 valence electrons. The number of benzene rings is 1. The van der Waals surface area contributed by atoms with E-state index in [4.69, 9.17) is 22.2 Å². The molecule has 0 spiro atoms. The van der Waals surface area contributed by atoms with Crippen molar-refractivity contribution in [2.45, 2.75) is 49.0 Å². The van der Waals surface area contributed by atoms with Crippen LogP contribution in [0.25, 0.3) is 0 Å². The number of aromatic nitrogens is 1. The number of anilines is 1. The molecule has 23 heteroatoms. The van der Waals surface area contributed by atoms with Crippen LogP contribution in [0.5, 0.6) is 11.5 Å². The van der Waals surface area contributed by atoms with Crippen molar-refractivity contribution >= 4 is 86.9 Å². The third-order valence-corrected chi connectivity index (χ3v) is 11.6. The van der Waals surface area contributed by atoms with Crippen LogP contribution in [0.4, 0.5) is 9.93 Å². The number of hydrogen-bond acceptors (Lipinski definition) is 16. The number of aromatic hydroxyl groups is 2. The summed E-state index contributed by atoms with van der Waals surface area (Å²) < 4.78 is 0. The van der Waals surface area contributed by atoms with Gasteiger partial charge in [0.2, 0.25) is 16.4 Å². The first-order valence-electron chi connectivity index (χ1n) is 16.2. The number of nitrogen functional groups attached to an aromatic ring is 1. The summed E-state index contributed by atoms with van der Waals surface area (Å²) in [5.74, 6) is -7.07. The average molecular weight is 811 g/mol. The first-order chi connectivity index (χ1) is 25.4. The van der Waals surface area contributed by atoms with Crippen molar-refractivity contribution in [2.24, 2.45) is 11.1 Å². The zero-order valence-electron chi connectivity index (χ0n) is 28.6. The summed E-state index contributed by atoms with van der Waals surface area (Å²) in [6.45, 7) is 1.83. The number of nitrogens with two attached hydrogens (primary N) is 1. The summed E-state index contributed by atoms with van der Waals surface area (Å²) in [7, 11) is 0. The summed E-state index contributed by atoms with van der Waals surface area (Å²) in [5, 5.41) is 46.8. The minimum Gasteiger partial charge on any atom is -0.504 e. The highest BCUT2D eigenvalue weighted by molar-refractivity contribution is 8.02. The SMILES string of the molecule is CC(C)(O/N=C(\C(=O)CC1C(=O)N2C[C@@](C(=O)O)(N3CCN(NCC(=O)CCCNC(=O)c4ccc(O)c(O)c4Cl)C3=O)S[C@H]12)c1csc(N)n1)C(=O)O. The number of carboxylic acid groups (broad SMARTS) is 2. The number of carbonyl (C=O) groups is 7. The number of phenolic OH excluding ortho intramolecular Hbond substituents is 2. The number of β-lactam (4-membered cyclic amide) rings is 1. The molecular weight excluding hydrogens is 776 g/mol. The van der Waals surface area contributed by atoms with E-state index in [1.165, 1.54) is 30.2 Å². The monoisotopic (exact) mass is 810 g/mol. The van der Waals surface area contributed by atoms with Gasteiger partial charge in [-0.2, -0.15) is 0 Å². The van der Waals surface area contributed by atoms with Crippen LogP contribution in [0, 0.1) is 5.92 Å². The predicted molar refractivity (Wildman–Crippen MR) is 191 cm³/mol. The number of amides is 4. The molecule has 1 aromatic heterocycles. The van der Waals surface area contributed by atoms with Gasteiger partial charge in [-0.25, -0.2) is 24.8 Å². The Hall–Kier alpha value is -5.19. The molecule has 4 amide bonds. The zero-order chi connectivity index (χ0) is 39.7. The maximum absolute atomic E-state index is 13.5. The lowest BCUT2D eigenvalue weighted by atomic mass is 9.90. The first-order valence-corrected chi connectivity index (χ1v) is 18.3. The van der Waals surface area contributed by atoms with Gasteiger partial charge in [-0.05, 0) is 32.4 Å². The maximum Gasteiger partial charge on any atom is 0.350 e. The van der Waals surface area contributed by atoms with Crippen molar-refractivity contribution in [2.75, 3.05) is 38.5 Å². The maximum atomic E-state index is 13.5. The molecule has 1 aromatic carbocycles. The second kappa shape index (κ2) is 15.7. The number of urea groups is 1. The Morgan fingerprint density at radius 2 is 1.89 bits per heavy atom. The number of phenols is 2. The largest absolute Gasteiger partial charge is 0.504 e. The van der Waals surface area contributed by atoms with Crippen molar-refractivity contribution in [3.05, 3.63) is 33.8 Å². The number of hydrazine groups is 1. The van der Waals surface area contributed by atoms with E-state index in [9.17, 15) is 54.0 Å². The summed E-state index contributed by atoms with van der Waals surface area (Å²) in [4.78, 5) is 99.0. The summed E-state index contributed by atoms with van der Waals surface area (Å²) >= 11 is 7.72. The van der Waals surface area contributed by atoms with E-state index in [2.05, 4.69) is 20.9 Å². The summed E-state index contributed by atoms with van der Waals surface area (Å²) in [6, 6.07) is 1.60. The van der Waals surface area contributed by atoms with Crippen molar-refractivity contribution < 1.29 is 58.8 Å². The second-order valence-corrected chi connectivity index (χ2v) is 15.5. The van der Waals surface area contributed by atoms with Crippen LogP contribution in [0.1, 0.15) is 49.2 Å². The number of hydrogen-bond donors (Lipinski definition) is 7. The van der Waals surface area contributed by atoms with Crippen molar-refractivity contribution in [3.63, 3.8) is 0 Å². The lowest BCUT2D eigenvalue weighted by Gasteiger charge is -2.40. The quantitative estimate of drug-likeness (QED) is 0.0380. The van der Waals surface area contributed by atoms with Gasteiger partial charge in [0.15, 0.2) is 28.1 Å². The topological polar surface area (TPSA) is 295 Å². The van der Waals surface area contributed by atoms with Crippen LogP contribution in [-0.4, -0.2) is 136 Å². The van der Waals surface area contributed by atoms with Crippen LogP contribution in [0.3, 0.4) is 0 Å². The van der Waals surface area contributed by atoms with Crippen molar-refractivity contribution in [1.29, 1.82) is 0 Å². The Balaban J connectivity index is 1.15. The van der Waals surface area contributed by atoms with Gasteiger partial charge in [-0.3, -0.25) is 29.1 Å². The number of nitrogens with one attached hydrogen (secondary N) is 2. The Labute approximate surface area is 319 Å². The Morgan fingerprint density at radius 1 is 1.17 bits per heavy atom. The number of halogens is 1. The van der Waals surface area contributed by atoms with Gasteiger partial charge in [0.1, 0.15) is 11.5 Å². The van der Waals surface area contributed by atoms with E-state index in [0.29, 0.717) is 0 Å². The molecule has 0 aliphatic carbocycles. The molecular formula is C31H35ClN8O12S2. The lowest BCUT2D eigenvalue weighted by molar-refractivity contribution is -0.161. The minimum atomic E-state index is -1.90. The van der Waals surface area contributed by atoms with E-state index in [1.807, 2.05) is 0 Å². The molecule has 3 fully saturated rings. The van der Waals surface area contributed by atoms with Crippen molar-refractivity contribution in [3.8, 4) is 11.5 Å². The van der Waals surface area contributed by atoms with Gasteiger partial charge >= 0.3 is 18.0 Å². The number of rotatable bonds is 17. The molecule has 54 heavy (non-hydrogen) atoms. The van der Waals surface area contributed by atoms with E-state index < -0.39 is 75.3 Å². The van der Waals surface area contributed by atoms with Gasteiger partial charge in [0.05, 0.1) is 41.5 Å².